The number of benzene rings is 2. The van der Waals surface area contributed by atoms with Gasteiger partial charge in [0.2, 0.25) is 0 Å². The van der Waals surface area contributed by atoms with E-state index >= 15 is 0 Å². The molecule has 0 spiro atoms. The van der Waals surface area contributed by atoms with Gasteiger partial charge in [-0.1, -0.05) is 32.0 Å². The number of hydrogen-bond donors (Lipinski definition) is 0. The first-order valence-electron chi connectivity index (χ1n) is 7.38. The van der Waals surface area contributed by atoms with Crippen molar-refractivity contribution in [2.75, 3.05) is 11.5 Å². The monoisotopic (exact) mass is 351 g/mol. The van der Waals surface area contributed by atoms with Crippen molar-refractivity contribution in [1.29, 1.82) is 0 Å². The van der Waals surface area contributed by atoms with E-state index < -0.39 is 19.7 Å². The Balaban J connectivity index is 2.40. The molecule has 0 aromatic heterocycles. The van der Waals surface area contributed by atoms with Crippen molar-refractivity contribution in [2.24, 2.45) is 0 Å². The minimum Gasteiger partial charge on any atom is -0.224 e. The molecule has 0 atom stereocenters. The van der Waals surface area contributed by atoms with Crippen LogP contribution in [-0.4, -0.2) is 28.3 Å². The molecule has 0 aliphatic carbocycles. The summed E-state index contributed by atoms with van der Waals surface area (Å²) in [6.07, 6.45) is 0.555. The zero-order valence-corrected chi connectivity index (χ0v) is 14.7. The zero-order chi connectivity index (χ0) is 17.1. The molecular weight excluding hydrogens is 332 g/mol. The van der Waals surface area contributed by atoms with Gasteiger partial charge in [-0.3, -0.25) is 0 Å². The van der Waals surface area contributed by atoms with Crippen LogP contribution in [0.4, 0.5) is 0 Å². The van der Waals surface area contributed by atoms with Crippen molar-refractivity contribution >= 4 is 19.7 Å². The molecular formula is C17H19O4S2. The topological polar surface area (TPSA) is 68.3 Å². The molecule has 2 aromatic carbocycles. The van der Waals surface area contributed by atoms with Crippen LogP contribution in [0, 0.1) is 6.07 Å². The first-order valence-corrected chi connectivity index (χ1v) is 10.7. The van der Waals surface area contributed by atoms with Crippen molar-refractivity contribution in [3.63, 3.8) is 0 Å². The molecule has 0 aliphatic heterocycles. The third-order valence-electron chi connectivity index (χ3n) is 3.51. The highest BCUT2D eigenvalue weighted by molar-refractivity contribution is 7.91. The van der Waals surface area contributed by atoms with Gasteiger partial charge in [-0.05, 0) is 47.9 Å². The minimum atomic E-state index is -3.29. The van der Waals surface area contributed by atoms with E-state index in [1.165, 1.54) is 18.2 Å². The summed E-state index contributed by atoms with van der Waals surface area (Å²) in [4.78, 5) is 0.525. The SMILES string of the molecule is CCCS(=O)(=O)c1cc[c]c(-c2ccc(S(=O)(=O)CC)cc2)c1. The van der Waals surface area contributed by atoms with E-state index in [2.05, 4.69) is 6.07 Å². The number of sulfone groups is 2. The third kappa shape index (κ3) is 4.00. The van der Waals surface area contributed by atoms with Crippen molar-refractivity contribution < 1.29 is 16.8 Å². The van der Waals surface area contributed by atoms with Gasteiger partial charge in [0.1, 0.15) is 0 Å². The van der Waals surface area contributed by atoms with Gasteiger partial charge in [0.05, 0.1) is 21.3 Å². The van der Waals surface area contributed by atoms with Crippen LogP contribution in [0.1, 0.15) is 20.3 Å². The second-order valence-corrected chi connectivity index (χ2v) is 9.57. The molecule has 0 bridgehead atoms. The second kappa shape index (κ2) is 6.84. The van der Waals surface area contributed by atoms with Gasteiger partial charge in [0, 0.05) is 0 Å². The molecule has 0 N–H and O–H groups in total. The third-order valence-corrected chi connectivity index (χ3v) is 7.18. The van der Waals surface area contributed by atoms with Crippen LogP contribution in [0.2, 0.25) is 0 Å². The van der Waals surface area contributed by atoms with E-state index in [9.17, 15) is 16.8 Å². The van der Waals surface area contributed by atoms with Crippen LogP contribution in [-0.2, 0) is 19.7 Å². The van der Waals surface area contributed by atoms with Crippen LogP contribution in [0.15, 0.2) is 52.3 Å². The summed E-state index contributed by atoms with van der Waals surface area (Å²) < 4.78 is 47.9. The first-order chi connectivity index (χ1) is 10.8. The molecule has 2 aromatic rings. The van der Waals surface area contributed by atoms with Crippen LogP contribution in [0.5, 0.6) is 0 Å². The average Bonchev–Trinajstić information content (AvgIpc) is 2.55. The molecule has 4 nitrogen and oxygen atoms in total. The molecule has 0 unspecified atom stereocenters. The summed E-state index contributed by atoms with van der Waals surface area (Å²) >= 11 is 0. The van der Waals surface area contributed by atoms with E-state index in [-0.39, 0.29) is 21.3 Å². The van der Waals surface area contributed by atoms with Crippen LogP contribution < -0.4 is 0 Å². The molecule has 23 heavy (non-hydrogen) atoms. The fraction of sp³-hybridized carbons (Fsp3) is 0.294. The summed E-state index contributed by atoms with van der Waals surface area (Å²) in [5, 5.41) is 0. The Kier molecular flexibility index (Phi) is 5.26. The van der Waals surface area contributed by atoms with Crippen molar-refractivity contribution in [3.8, 4) is 11.1 Å². The van der Waals surface area contributed by atoms with Crippen LogP contribution >= 0.6 is 0 Å². The predicted molar refractivity (Wildman–Crippen MR) is 90.8 cm³/mol. The maximum absolute atomic E-state index is 12.1. The molecule has 6 heteroatoms. The lowest BCUT2D eigenvalue weighted by atomic mass is 10.1. The van der Waals surface area contributed by atoms with Crippen LogP contribution in [0.25, 0.3) is 11.1 Å². The molecule has 2 rings (SSSR count). The Morgan fingerprint density at radius 2 is 1.52 bits per heavy atom. The van der Waals surface area contributed by atoms with Gasteiger partial charge in [-0.2, -0.15) is 0 Å². The molecule has 0 aliphatic rings. The highest BCUT2D eigenvalue weighted by Gasteiger charge is 2.15. The molecule has 0 heterocycles. The lowest BCUT2D eigenvalue weighted by molar-refractivity contribution is 0.594. The predicted octanol–water partition coefficient (Wildman–Crippen LogP) is 3.13. The maximum atomic E-state index is 12.1. The van der Waals surface area contributed by atoms with Gasteiger partial charge in [-0.25, -0.2) is 16.8 Å². The molecule has 1 radical (unpaired) electrons. The summed E-state index contributed by atoms with van der Waals surface area (Å²) in [5.74, 6) is 0.146. The highest BCUT2D eigenvalue weighted by Crippen LogP contribution is 2.24. The van der Waals surface area contributed by atoms with E-state index in [1.54, 1.807) is 31.2 Å². The van der Waals surface area contributed by atoms with E-state index in [0.29, 0.717) is 12.0 Å². The quantitative estimate of drug-likeness (QED) is 0.802. The van der Waals surface area contributed by atoms with E-state index in [1.807, 2.05) is 6.92 Å². The number of hydrogen-bond acceptors (Lipinski definition) is 4. The summed E-state index contributed by atoms with van der Waals surface area (Å²) in [7, 11) is -6.53. The Hall–Kier alpha value is -1.66. The van der Waals surface area contributed by atoms with Crippen molar-refractivity contribution in [3.05, 3.63) is 48.5 Å². The van der Waals surface area contributed by atoms with Gasteiger partial charge in [0.15, 0.2) is 19.7 Å². The van der Waals surface area contributed by atoms with Gasteiger partial charge >= 0.3 is 0 Å². The normalized spacial score (nSPS) is 12.3. The first kappa shape index (κ1) is 17.7. The smallest absolute Gasteiger partial charge is 0.178 e. The highest BCUT2D eigenvalue weighted by atomic mass is 32.2. The lowest BCUT2D eigenvalue weighted by Gasteiger charge is -2.07. The summed E-state index contributed by atoms with van der Waals surface area (Å²) in [6, 6.07) is 14.1. The van der Waals surface area contributed by atoms with Gasteiger partial charge in [-0.15, -0.1) is 0 Å². The van der Waals surface area contributed by atoms with Gasteiger partial charge < -0.3 is 0 Å². The van der Waals surface area contributed by atoms with E-state index in [0.717, 1.165) is 5.56 Å². The molecule has 0 saturated carbocycles. The molecule has 0 amide bonds. The Morgan fingerprint density at radius 3 is 2.09 bits per heavy atom. The fourth-order valence-electron chi connectivity index (χ4n) is 2.20. The maximum Gasteiger partial charge on any atom is 0.178 e. The standard InChI is InChI=1S/C17H19O4S2/c1-3-12-23(20,21)17-7-5-6-15(13-17)14-8-10-16(11-9-14)22(18,19)4-2/h5,7-11,13H,3-4,12H2,1-2H3. The Morgan fingerprint density at radius 1 is 0.870 bits per heavy atom. The van der Waals surface area contributed by atoms with Crippen molar-refractivity contribution in [2.45, 2.75) is 30.1 Å². The lowest BCUT2D eigenvalue weighted by Crippen LogP contribution is -2.05. The van der Waals surface area contributed by atoms with Crippen molar-refractivity contribution in [1.82, 2.24) is 0 Å². The molecule has 0 fully saturated rings. The van der Waals surface area contributed by atoms with E-state index in [4.69, 9.17) is 0 Å². The number of rotatable bonds is 6. The summed E-state index contributed by atoms with van der Waals surface area (Å²) in [5.41, 5.74) is 1.36. The molecule has 0 saturated heterocycles. The largest absolute Gasteiger partial charge is 0.224 e. The fourth-order valence-corrected chi connectivity index (χ4v) is 4.43. The van der Waals surface area contributed by atoms with Crippen LogP contribution in [0.3, 0.4) is 0 Å². The minimum absolute atomic E-state index is 0.0449. The summed E-state index contributed by atoms with van der Waals surface area (Å²) in [6.45, 7) is 3.42. The second-order valence-electron chi connectivity index (χ2n) is 5.18. The molecule has 123 valence electrons. The average molecular weight is 351 g/mol. The Bertz CT molecular complexity index is 880. The van der Waals surface area contributed by atoms with Gasteiger partial charge in [0.25, 0.3) is 0 Å². The Labute approximate surface area is 138 Å². The zero-order valence-electron chi connectivity index (χ0n) is 13.1.